The first-order chi connectivity index (χ1) is 10.3. The third-order valence-electron chi connectivity index (χ3n) is 4.84. The quantitative estimate of drug-likeness (QED) is 0.836. The molecule has 1 aromatic heterocycles. The van der Waals surface area contributed by atoms with E-state index in [1.807, 2.05) is 13.8 Å². The predicted molar refractivity (Wildman–Crippen MR) is 80.8 cm³/mol. The lowest BCUT2D eigenvalue weighted by molar-refractivity contribution is 0.128. The zero-order valence-electron chi connectivity index (χ0n) is 13.3. The summed E-state index contributed by atoms with van der Waals surface area (Å²) in [5, 5.41) is 4.00. The number of ether oxygens (including phenoxy) is 1. The first-order valence-electron chi connectivity index (χ1n) is 7.45. The summed E-state index contributed by atoms with van der Waals surface area (Å²) in [6.45, 7) is 8.15. The lowest BCUT2D eigenvalue weighted by Crippen LogP contribution is -2.42. The smallest absolute Gasteiger partial charge is 0.208 e. The second-order valence-corrected chi connectivity index (χ2v) is 8.47. The first-order valence-corrected chi connectivity index (χ1v) is 9.35. The Morgan fingerprint density at radius 2 is 2.23 bits per heavy atom. The molecule has 1 N–H and O–H groups in total. The summed E-state index contributed by atoms with van der Waals surface area (Å²) >= 11 is 0. The number of aryl methyl sites for hydroxylation is 2. The second-order valence-electron chi connectivity index (χ2n) is 6.64. The van der Waals surface area contributed by atoms with Gasteiger partial charge in [-0.3, -0.25) is 4.90 Å². The van der Waals surface area contributed by atoms with E-state index < -0.39 is 10.0 Å². The van der Waals surface area contributed by atoms with E-state index in [0.29, 0.717) is 25.7 Å². The van der Waals surface area contributed by atoms with E-state index in [-0.39, 0.29) is 5.41 Å². The number of sulfonamides is 1. The molecule has 0 aliphatic carbocycles. The Hall–Kier alpha value is -0.960. The molecule has 0 radical (unpaired) electrons. The van der Waals surface area contributed by atoms with E-state index in [1.165, 1.54) is 6.26 Å². The van der Waals surface area contributed by atoms with Gasteiger partial charge >= 0.3 is 0 Å². The van der Waals surface area contributed by atoms with Crippen molar-refractivity contribution in [2.75, 3.05) is 39.1 Å². The summed E-state index contributed by atoms with van der Waals surface area (Å²) in [7, 11) is -3.19. The lowest BCUT2D eigenvalue weighted by Gasteiger charge is -2.27. The van der Waals surface area contributed by atoms with Gasteiger partial charge < -0.3 is 9.26 Å². The number of hydrogen-bond donors (Lipinski definition) is 1. The number of hydrogen-bond acceptors (Lipinski definition) is 6. The van der Waals surface area contributed by atoms with Crippen molar-refractivity contribution in [3.05, 3.63) is 17.0 Å². The largest absolute Gasteiger partial charge is 0.380 e. The van der Waals surface area contributed by atoms with Crippen molar-refractivity contribution in [1.29, 1.82) is 0 Å². The summed E-state index contributed by atoms with van der Waals surface area (Å²) < 4.78 is 36.3. The van der Waals surface area contributed by atoms with Crippen LogP contribution >= 0.6 is 0 Å². The van der Waals surface area contributed by atoms with Gasteiger partial charge in [-0.1, -0.05) is 5.16 Å². The molecule has 0 saturated carbocycles. The molecule has 2 aliphatic heterocycles. The molecule has 3 heterocycles. The molecule has 0 spiro atoms. The van der Waals surface area contributed by atoms with Crippen LogP contribution in [0.5, 0.6) is 0 Å². The summed E-state index contributed by atoms with van der Waals surface area (Å²) in [5.41, 5.74) is 1.93. The van der Waals surface area contributed by atoms with Crippen LogP contribution in [0.3, 0.4) is 0 Å². The van der Waals surface area contributed by atoms with Crippen LogP contribution in [0.25, 0.3) is 0 Å². The van der Waals surface area contributed by atoms with Gasteiger partial charge in [0.05, 0.1) is 25.2 Å². The minimum absolute atomic E-state index is 0.123. The van der Waals surface area contributed by atoms with Gasteiger partial charge in [-0.25, -0.2) is 13.1 Å². The molecule has 0 bridgehead atoms. The Bertz CT molecular complexity index is 638. The number of nitrogens with one attached hydrogen (secondary N) is 1. The summed E-state index contributed by atoms with van der Waals surface area (Å²) in [6.07, 6.45) is 1.20. The standard InChI is InChI=1S/C14H23N3O4S/c1-10-13(11(2)21-16-10)5-17-4-12-6-20-9-14(12,8-17)7-15-22(3,18)19/h12,15H,4-9H2,1-3H3/t12-,14+/m1/s1. The topological polar surface area (TPSA) is 84.7 Å². The highest BCUT2D eigenvalue weighted by Gasteiger charge is 2.50. The molecule has 2 atom stereocenters. The van der Waals surface area contributed by atoms with Crippen LogP contribution in [0.1, 0.15) is 17.0 Å². The minimum atomic E-state index is -3.19. The Labute approximate surface area is 131 Å². The molecule has 124 valence electrons. The van der Waals surface area contributed by atoms with Crippen LogP contribution in [-0.2, 0) is 21.3 Å². The normalized spacial score (nSPS) is 29.1. The molecule has 1 aromatic rings. The van der Waals surface area contributed by atoms with Gasteiger partial charge in [0.1, 0.15) is 5.76 Å². The minimum Gasteiger partial charge on any atom is -0.380 e. The highest BCUT2D eigenvalue weighted by Crippen LogP contribution is 2.41. The zero-order chi connectivity index (χ0) is 16.0. The Balaban J connectivity index is 1.71. The Morgan fingerprint density at radius 3 is 2.86 bits per heavy atom. The van der Waals surface area contributed by atoms with Gasteiger partial charge in [-0.05, 0) is 13.8 Å². The Morgan fingerprint density at radius 1 is 1.45 bits per heavy atom. The van der Waals surface area contributed by atoms with Crippen molar-refractivity contribution in [3.8, 4) is 0 Å². The van der Waals surface area contributed by atoms with Gasteiger partial charge in [-0.2, -0.15) is 0 Å². The van der Waals surface area contributed by atoms with Gasteiger partial charge in [0.25, 0.3) is 0 Å². The summed E-state index contributed by atoms with van der Waals surface area (Å²) in [6, 6.07) is 0. The monoisotopic (exact) mass is 329 g/mol. The maximum Gasteiger partial charge on any atom is 0.208 e. The van der Waals surface area contributed by atoms with Crippen molar-refractivity contribution in [2.24, 2.45) is 11.3 Å². The van der Waals surface area contributed by atoms with E-state index in [4.69, 9.17) is 9.26 Å². The van der Waals surface area contributed by atoms with E-state index in [1.54, 1.807) is 0 Å². The maximum absolute atomic E-state index is 11.4. The van der Waals surface area contributed by atoms with Crippen molar-refractivity contribution in [1.82, 2.24) is 14.8 Å². The van der Waals surface area contributed by atoms with E-state index >= 15 is 0 Å². The Kier molecular flexibility index (Phi) is 4.05. The predicted octanol–water partition coefficient (Wildman–Crippen LogP) is 0.289. The van der Waals surface area contributed by atoms with Crippen molar-refractivity contribution in [3.63, 3.8) is 0 Å². The van der Waals surface area contributed by atoms with Crippen molar-refractivity contribution < 1.29 is 17.7 Å². The fraction of sp³-hybridized carbons (Fsp3) is 0.786. The summed E-state index contributed by atoms with van der Waals surface area (Å²) in [5.74, 6) is 1.22. The van der Waals surface area contributed by atoms with E-state index in [2.05, 4.69) is 14.8 Å². The molecule has 22 heavy (non-hydrogen) atoms. The van der Waals surface area contributed by atoms with E-state index in [0.717, 1.165) is 36.7 Å². The molecule has 7 nitrogen and oxygen atoms in total. The number of nitrogens with zero attached hydrogens (tertiary/aromatic N) is 2. The number of fused-ring (bicyclic) bond motifs is 1. The number of aromatic nitrogens is 1. The fourth-order valence-corrected chi connectivity index (χ4v) is 4.09. The van der Waals surface area contributed by atoms with Gasteiger partial charge in [-0.15, -0.1) is 0 Å². The average Bonchev–Trinajstić information content (AvgIpc) is 3.04. The van der Waals surface area contributed by atoms with Crippen LogP contribution < -0.4 is 4.72 Å². The zero-order valence-corrected chi connectivity index (χ0v) is 14.1. The number of likely N-dealkylation sites (tertiary alicyclic amines) is 1. The molecule has 2 saturated heterocycles. The maximum atomic E-state index is 11.4. The molecular formula is C14H23N3O4S. The van der Waals surface area contributed by atoms with Crippen LogP contribution in [0.4, 0.5) is 0 Å². The SMILES string of the molecule is Cc1noc(C)c1CN1C[C@@H]2COC[C@]2(CNS(C)(=O)=O)C1. The van der Waals surface area contributed by atoms with Crippen molar-refractivity contribution in [2.45, 2.75) is 20.4 Å². The van der Waals surface area contributed by atoms with Crippen LogP contribution in [0.2, 0.25) is 0 Å². The second kappa shape index (κ2) is 5.59. The highest BCUT2D eigenvalue weighted by molar-refractivity contribution is 7.88. The van der Waals surface area contributed by atoms with E-state index in [9.17, 15) is 8.42 Å². The summed E-state index contributed by atoms with van der Waals surface area (Å²) in [4.78, 5) is 2.35. The third-order valence-corrected chi connectivity index (χ3v) is 5.51. The first kappa shape index (κ1) is 15.9. The molecule has 3 rings (SSSR count). The van der Waals surface area contributed by atoms with Gasteiger partial charge in [0, 0.05) is 43.1 Å². The van der Waals surface area contributed by atoms with Crippen LogP contribution in [0, 0.1) is 25.2 Å². The molecular weight excluding hydrogens is 306 g/mol. The molecule has 0 aromatic carbocycles. The molecule has 0 unspecified atom stereocenters. The lowest BCUT2D eigenvalue weighted by atomic mass is 9.81. The van der Waals surface area contributed by atoms with Gasteiger partial charge in [0.15, 0.2) is 0 Å². The van der Waals surface area contributed by atoms with Crippen LogP contribution in [0.15, 0.2) is 4.52 Å². The molecule has 2 fully saturated rings. The molecule has 2 aliphatic rings. The fourth-order valence-electron chi connectivity index (χ4n) is 3.54. The van der Waals surface area contributed by atoms with Gasteiger partial charge in [0.2, 0.25) is 10.0 Å². The number of rotatable bonds is 5. The third kappa shape index (κ3) is 3.05. The van der Waals surface area contributed by atoms with Crippen molar-refractivity contribution >= 4 is 10.0 Å². The molecule has 0 amide bonds. The van der Waals surface area contributed by atoms with Crippen LogP contribution in [-0.4, -0.2) is 57.6 Å². The molecule has 8 heteroatoms. The highest BCUT2D eigenvalue weighted by atomic mass is 32.2. The average molecular weight is 329 g/mol.